The Morgan fingerprint density at radius 2 is 1.92 bits per heavy atom. The van der Waals surface area contributed by atoms with Gasteiger partial charge in [-0.15, -0.1) is 0 Å². The van der Waals surface area contributed by atoms with Gasteiger partial charge in [0.05, 0.1) is 11.2 Å². The monoisotopic (exact) mass is 381 g/mol. The minimum atomic E-state index is -0.585. The first kappa shape index (κ1) is 20.7. The summed E-state index contributed by atoms with van der Waals surface area (Å²) in [6, 6.07) is 0. The van der Waals surface area contributed by atoms with Crippen molar-refractivity contribution < 1.29 is 18.8 Å². The van der Waals surface area contributed by atoms with E-state index in [1.807, 2.05) is 54.5 Å². The Kier molecular flexibility index (Phi) is 5.75. The Balaban J connectivity index is 2.18. The third-order valence-corrected chi connectivity index (χ3v) is 5.03. The average molecular weight is 381 g/mol. The molecule has 144 valence electrons. The lowest BCUT2D eigenvalue weighted by Crippen LogP contribution is -2.41. The zero-order valence-electron chi connectivity index (χ0n) is 16.5. The first-order chi connectivity index (χ1) is 11.8. The van der Waals surface area contributed by atoms with Crippen LogP contribution in [0, 0.1) is 0 Å². The molecule has 1 saturated heterocycles. The van der Waals surface area contributed by atoms with Crippen molar-refractivity contribution in [2.75, 3.05) is 12.3 Å². The van der Waals surface area contributed by atoms with Crippen LogP contribution in [0.3, 0.4) is 0 Å². The zero-order chi connectivity index (χ0) is 19.8. The van der Waals surface area contributed by atoms with Crippen LogP contribution in [0.2, 0.25) is 0 Å². The van der Waals surface area contributed by atoms with E-state index in [4.69, 9.17) is 19.8 Å². The molecule has 1 amide bonds. The van der Waals surface area contributed by atoms with Crippen molar-refractivity contribution in [3.63, 3.8) is 0 Å². The molecule has 0 aliphatic carbocycles. The summed E-state index contributed by atoms with van der Waals surface area (Å²) in [6.07, 6.45) is 3.07. The Bertz CT molecular complexity index is 678. The van der Waals surface area contributed by atoms with Gasteiger partial charge in [0.15, 0.2) is 5.13 Å². The minimum Gasteiger partial charge on any atom is -0.444 e. The number of hydrogen-bond acceptors (Lipinski definition) is 7. The van der Waals surface area contributed by atoms with E-state index >= 15 is 0 Å². The molecule has 1 aliphatic rings. The van der Waals surface area contributed by atoms with Gasteiger partial charge in [-0.25, -0.2) is 9.78 Å². The van der Waals surface area contributed by atoms with Crippen LogP contribution in [0.25, 0.3) is 6.08 Å². The molecule has 9 heteroatoms. The molecule has 2 rings (SSSR count). The van der Waals surface area contributed by atoms with E-state index in [1.165, 1.54) is 11.3 Å². The minimum absolute atomic E-state index is 0.226. The van der Waals surface area contributed by atoms with Crippen LogP contribution in [0.1, 0.15) is 53.3 Å². The first-order valence-electron chi connectivity index (χ1n) is 8.53. The highest BCUT2D eigenvalue weighted by molar-refractivity contribution is 7.16. The van der Waals surface area contributed by atoms with Gasteiger partial charge >= 0.3 is 13.2 Å². The van der Waals surface area contributed by atoms with Gasteiger partial charge in [-0.2, -0.15) is 0 Å². The van der Waals surface area contributed by atoms with Gasteiger partial charge in [-0.3, -0.25) is 0 Å². The number of nitrogen functional groups attached to an aromatic ring is 1. The number of ether oxygens (including phenoxy) is 1. The van der Waals surface area contributed by atoms with Gasteiger partial charge in [0, 0.05) is 17.6 Å². The Morgan fingerprint density at radius 3 is 2.38 bits per heavy atom. The van der Waals surface area contributed by atoms with Gasteiger partial charge in [0.1, 0.15) is 5.60 Å². The molecule has 0 spiro atoms. The summed E-state index contributed by atoms with van der Waals surface area (Å²) in [5, 5.41) is 3.24. The molecule has 0 radical (unpaired) electrons. The molecule has 0 saturated carbocycles. The number of anilines is 1. The Labute approximate surface area is 159 Å². The van der Waals surface area contributed by atoms with E-state index in [0.717, 1.165) is 10.3 Å². The number of nitrogens with two attached hydrogens (primary N) is 1. The topological polar surface area (TPSA) is 95.7 Å². The highest BCUT2D eigenvalue weighted by Gasteiger charge is 2.52. The van der Waals surface area contributed by atoms with E-state index in [9.17, 15) is 4.79 Å². The SMILES string of the molecule is CC(C)(C)OC(=O)NCC(=Cc1cnc(N)s1)B1OC(C)(C)C(C)(C)O1. The number of alkyl carbamates (subject to hydrolysis) is 1. The molecule has 1 aliphatic heterocycles. The van der Waals surface area contributed by atoms with Gasteiger partial charge < -0.3 is 25.1 Å². The fraction of sp³-hybridized carbons (Fsp3) is 0.647. The highest BCUT2D eigenvalue weighted by Crippen LogP contribution is 2.39. The molecule has 26 heavy (non-hydrogen) atoms. The second-order valence-electron chi connectivity index (χ2n) is 8.26. The fourth-order valence-corrected chi connectivity index (χ4v) is 2.90. The maximum atomic E-state index is 12.0. The van der Waals surface area contributed by atoms with Crippen molar-refractivity contribution in [2.45, 2.75) is 65.3 Å². The summed E-state index contributed by atoms with van der Waals surface area (Å²) >= 11 is 1.35. The molecule has 0 unspecified atom stereocenters. The smallest absolute Gasteiger partial charge is 0.444 e. The van der Waals surface area contributed by atoms with Crippen molar-refractivity contribution in [1.82, 2.24) is 10.3 Å². The van der Waals surface area contributed by atoms with E-state index in [-0.39, 0.29) is 6.54 Å². The predicted octanol–water partition coefficient (Wildman–Crippen LogP) is 3.26. The molecule has 1 aromatic heterocycles. The maximum absolute atomic E-state index is 12.0. The maximum Gasteiger partial charge on any atom is 0.492 e. The van der Waals surface area contributed by atoms with Gasteiger partial charge in [0.2, 0.25) is 0 Å². The summed E-state index contributed by atoms with van der Waals surface area (Å²) < 4.78 is 17.5. The number of hydrogen-bond donors (Lipinski definition) is 2. The van der Waals surface area contributed by atoms with Crippen molar-refractivity contribution in [1.29, 1.82) is 0 Å². The lowest BCUT2D eigenvalue weighted by atomic mass is 9.77. The molecular weight excluding hydrogens is 353 g/mol. The van der Waals surface area contributed by atoms with Crippen LogP contribution in [-0.2, 0) is 14.0 Å². The molecule has 0 bridgehead atoms. The first-order valence-corrected chi connectivity index (χ1v) is 9.35. The number of carbonyl (C=O) groups excluding carboxylic acids is 1. The van der Waals surface area contributed by atoms with Crippen LogP contribution < -0.4 is 11.1 Å². The van der Waals surface area contributed by atoms with Crippen LogP contribution >= 0.6 is 11.3 Å². The van der Waals surface area contributed by atoms with Crippen LogP contribution in [0.4, 0.5) is 9.93 Å². The number of amides is 1. The molecule has 0 aromatic carbocycles. The van der Waals surface area contributed by atoms with Crippen LogP contribution in [-0.4, -0.2) is 41.5 Å². The largest absolute Gasteiger partial charge is 0.492 e. The Morgan fingerprint density at radius 1 is 1.35 bits per heavy atom. The molecular formula is C17H28BN3O4S. The molecule has 1 aromatic rings. The normalized spacial score (nSPS) is 19.5. The van der Waals surface area contributed by atoms with E-state index in [0.29, 0.717) is 5.13 Å². The summed E-state index contributed by atoms with van der Waals surface area (Å²) in [5.41, 5.74) is 4.96. The predicted molar refractivity (Wildman–Crippen MR) is 105 cm³/mol. The van der Waals surface area contributed by atoms with Crippen LogP contribution in [0.5, 0.6) is 0 Å². The number of carbonyl (C=O) groups is 1. The zero-order valence-corrected chi connectivity index (χ0v) is 17.3. The standard InChI is InChI=1S/C17H28BN3O4S/c1-15(2,3)23-14(22)21-9-11(8-12-10-20-13(19)26-12)18-24-16(4,5)17(6,7)25-18/h8,10H,9H2,1-7H3,(H2,19,20)(H,21,22). The second-order valence-corrected chi connectivity index (χ2v) is 9.36. The van der Waals surface area contributed by atoms with Crippen molar-refractivity contribution in [2.24, 2.45) is 0 Å². The molecule has 0 atom stereocenters. The lowest BCUT2D eigenvalue weighted by molar-refractivity contribution is 0.00578. The third kappa shape index (κ3) is 5.22. The quantitative estimate of drug-likeness (QED) is 0.778. The molecule has 2 heterocycles. The molecule has 3 N–H and O–H groups in total. The fourth-order valence-electron chi connectivity index (χ4n) is 2.24. The van der Waals surface area contributed by atoms with Gasteiger partial charge in [-0.1, -0.05) is 11.3 Å². The summed E-state index contributed by atoms with van der Waals surface area (Å²) in [4.78, 5) is 16.9. The summed E-state index contributed by atoms with van der Waals surface area (Å²) in [5.74, 6) is 0. The average Bonchev–Trinajstić information content (AvgIpc) is 2.93. The van der Waals surface area contributed by atoms with Crippen molar-refractivity contribution >= 4 is 35.8 Å². The number of thiazole rings is 1. The number of rotatable bonds is 4. The highest BCUT2D eigenvalue weighted by atomic mass is 32.1. The summed E-state index contributed by atoms with van der Waals surface area (Å²) in [6.45, 7) is 13.6. The van der Waals surface area contributed by atoms with E-state index in [1.54, 1.807) is 6.20 Å². The van der Waals surface area contributed by atoms with Gasteiger partial charge in [0.25, 0.3) is 0 Å². The number of nitrogens with one attached hydrogen (secondary N) is 1. The lowest BCUT2D eigenvalue weighted by Gasteiger charge is -2.32. The Hall–Kier alpha value is -1.58. The summed E-state index contributed by atoms with van der Waals surface area (Å²) in [7, 11) is -0.585. The van der Waals surface area contributed by atoms with Crippen molar-refractivity contribution in [3.05, 3.63) is 16.5 Å². The van der Waals surface area contributed by atoms with Gasteiger partial charge in [-0.05, 0) is 60.0 Å². The molecule has 7 nitrogen and oxygen atoms in total. The van der Waals surface area contributed by atoms with E-state index in [2.05, 4.69) is 10.3 Å². The van der Waals surface area contributed by atoms with Crippen molar-refractivity contribution in [3.8, 4) is 0 Å². The third-order valence-electron chi connectivity index (χ3n) is 4.26. The van der Waals surface area contributed by atoms with E-state index < -0.39 is 30.0 Å². The van der Waals surface area contributed by atoms with Crippen LogP contribution in [0.15, 0.2) is 11.7 Å². The number of aromatic nitrogens is 1. The second kappa shape index (κ2) is 7.21. The number of nitrogens with zero attached hydrogens (tertiary/aromatic N) is 1. The molecule has 1 fully saturated rings.